The molecule has 2 aromatic rings. The SMILES string of the molecule is COc1ccc(F)cc1-n1nnc(CC(=O)O)n1. The van der Waals surface area contributed by atoms with Gasteiger partial charge in [0.15, 0.2) is 5.82 Å². The summed E-state index contributed by atoms with van der Waals surface area (Å²) in [6.45, 7) is 0. The lowest BCUT2D eigenvalue weighted by atomic mass is 10.3. The third-order valence-corrected chi connectivity index (χ3v) is 2.12. The van der Waals surface area contributed by atoms with Crippen molar-refractivity contribution in [3.8, 4) is 11.4 Å². The number of nitrogens with zero attached hydrogens (tertiary/aromatic N) is 4. The fraction of sp³-hybridized carbons (Fsp3) is 0.200. The number of carboxylic acids is 1. The number of rotatable bonds is 4. The van der Waals surface area contributed by atoms with Crippen LogP contribution in [0, 0.1) is 5.82 Å². The zero-order valence-corrected chi connectivity index (χ0v) is 9.37. The molecule has 0 amide bonds. The van der Waals surface area contributed by atoms with Crippen LogP contribution in [0.4, 0.5) is 4.39 Å². The minimum absolute atomic E-state index is 0.0359. The second kappa shape index (κ2) is 4.78. The van der Waals surface area contributed by atoms with Crippen LogP contribution >= 0.6 is 0 Å². The van der Waals surface area contributed by atoms with Gasteiger partial charge in [-0.15, -0.1) is 15.0 Å². The number of ether oxygens (including phenoxy) is 1. The molecule has 0 aliphatic rings. The number of tetrazole rings is 1. The van der Waals surface area contributed by atoms with Gasteiger partial charge in [0.2, 0.25) is 0 Å². The van der Waals surface area contributed by atoms with Crippen LogP contribution < -0.4 is 4.74 Å². The van der Waals surface area contributed by atoms with Gasteiger partial charge >= 0.3 is 5.97 Å². The third kappa shape index (κ3) is 2.42. The zero-order chi connectivity index (χ0) is 13.1. The Kier molecular flexibility index (Phi) is 3.18. The molecule has 1 heterocycles. The van der Waals surface area contributed by atoms with E-state index in [0.717, 1.165) is 4.80 Å². The maximum Gasteiger partial charge on any atom is 0.311 e. The van der Waals surface area contributed by atoms with Gasteiger partial charge in [-0.25, -0.2) is 4.39 Å². The van der Waals surface area contributed by atoms with Gasteiger partial charge in [0.25, 0.3) is 0 Å². The lowest BCUT2D eigenvalue weighted by Crippen LogP contribution is -2.05. The Balaban J connectivity index is 2.38. The average Bonchev–Trinajstić information content (AvgIpc) is 2.76. The topological polar surface area (TPSA) is 90.1 Å². The first-order valence-electron chi connectivity index (χ1n) is 4.95. The van der Waals surface area contributed by atoms with Gasteiger partial charge in [-0.05, 0) is 17.3 Å². The van der Waals surface area contributed by atoms with Crippen LogP contribution in [0.25, 0.3) is 5.69 Å². The lowest BCUT2D eigenvalue weighted by Gasteiger charge is -2.05. The first-order valence-corrected chi connectivity index (χ1v) is 4.95. The minimum atomic E-state index is -1.07. The molecular formula is C10H9FN4O3. The van der Waals surface area contributed by atoms with E-state index in [-0.39, 0.29) is 17.9 Å². The van der Waals surface area contributed by atoms with Crippen molar-refractivity contribution >= 4 is 5.97 Å². The van der Waals surface area contributed by atoms with Crippen LogP contribution in [0.3, 0.4) is 0 Å². The van der Waals surface area contributed by atoms with Gasteiger partial charge in [-0.1, -0.05) is 0 Å². The number of halogens is 1. The maximum atomic E-state index is 13.1. The normalized spacial score (nSPS) is 10.3. The van der Waals surface area contributed by atoms with E-state index in [1.807, 2.05) is 0 Å². The molecule has 0 spiro atoms. The van der Waals surface area contributed by atoms with E-state index in [4.69, 9.17) is 9.84 Å². The molecule has 1 aromatic carbocycles. The van der Waals surface area contributed by atoms with Gasteiger partial charge < -0.3 is 9.84 Å². The van der Waals surface area contributed by atoms with Crippen LogP contribution in [0.5, 0.6) is 5.75 Å². The number of methoxy groups -OCH3 is 1. The van der Waals surface area contributed by atoms with Gasteiger partial charge in [-0.2, -0.15) is 0 Å². The monoisotopic (exact) mass is 252 g/mol. The van der Waals surface area contributed by atoms with Crippen molar-refractivity contribution in [3.05, 3.63) is 29.8 Å². The highest BCUT2D eigenvalue weighted by Gasteiger charge is 2.12. The Hall–Kier alpha value is -2.51. The molecular weight excluding hydrogens is 243 g/mol. The molecule has 0 saturated heterocycles. The Morgan fingerprint density at radius 2 is 2.33 bits per heavy atom. The molecule has 0 bridgehead atoms. The van der Waals surface area contributed by atoms with Crippen LogP contribution in [0.2, 0.25) is 0 Å². The van der Waals surface area contributed by atoms with Crippen LogP contribution in [0.15, 0.2) is 18.2 Å². The number of aliphatic carboxylic acids is 1. The van der Waals surface area contributed by atoms with Crippen molar-refractivity contribution in [2.45, 2.75) is 6.42 Å². The molecule has 7 nitrogen and oxygen atoms in total. The quantitative estimate of drug-likeness (QED) is 0.849. The molecule has 0 aliphatic heterocycles. The summed E-state index contributed by atoms with van der Waals surface area (Å²) >= 11 is 0. The predicted octanol–water partition coefficient (Wildman–Crippen LogP) is 0.437. The molecule has 94 valence electrons. The van der Waals surface area contributed by atoms with E-state index in [0.29, 0.717) is 5.75 Å². The highest BCUT2D eigenvalue weighted by atomic mass is 19.1. The second-order valence-electron chi connectivity index (χ2n) is 3.38. The van der Waals surface area contributed by atoms with Crippen LogP contribution in [-0.2, 0) is 11.2 Å². The van der Waals surface area contributed by atoms with Gasteiger partial charge in [-0.3, -0.25) is 4.79 Å². The summed E-state index contributed by atoms with van der Waals surface area (Å²) in [7, 11) is 1.42. The van der Waals surface area contributed by atoms with E-state index in [2.05, 4.69) is 15.4 Å². The summed E-state index contributed by atoms with van der Waals surface area (Å²) in [6.07, 6.45) is -0.350. The third-order valence-electron chi connectivity index (χ3n) is 2.12. The fourth-order valence-corrected chi connectivity index (χ4v) is 1.37. The Labute approximate surface area is 101 Å². The number of aromatic nitrogens is 4. The summed E-state index contributed by atoms with van der Waals surface area (Å²) < 4.78 is 18.2. The van der Waals surface area contributed by atoms with E-state index < -0.39 is 11.8 Å². The van der Waals surface area contributed by atoms with Crippen molar-refractivity contribution < 1.29 is 19.0 Å². The van der Waals surface area contributed by atoms with E-state index in [9.17, 15) is 9.18 Å². The number of hydrogen-bond acceptors (Lipinski definition) is 5. The largest absolute Gasteiger partial charge is 0.494 e. The molecule has 2 rings (SSSR count). The van der Waals surface area contributed by atoms with Gasteiger partial charge in [0.05, 0.1) is 7.11 Å². The molecule has 0 aliphatic carbocycles. The highest BCUT2D eigenvalue weighted by Crippen LogP contribution is 2.21. The summed E-state index contributed by atoms with van der Waals surface area (Å²) in [5.74, 6) is -1.16. The van der Waals surface area contributed by atoms with E-state index >= 15 is 0 Å². The predicted molar refractivity (Wildman–Crippen MR) is 57.0 cm³/mol. The van der Waals surface area contributed by atoms with Crippen LogP contribution in [0.1, 0.15) is 5.82 Å². The van der Waals surface area contributed by atoms with Gasteiger partial charge in [0, 0.05) is 6.07 Å². The van der Waals surface area contributed by atoms with Gasteiger partial charge in [0.1, 0.15) is 23.7 Å². The van der Waals surface area contributed by atoms with Crippen molar-refractivity contribution in [2.75, 3.05) is 7.11 Å². The Morgan fingerprint density at radius 1 is 1.56 bits per heavy atom. The minimum Gasteiger partial charge on any atom is -0.494 e. The summed E-state index contributed by atoms with van der Waals surface area (Å²) in [6, 6.07) is 3.83. The second-order valence-corrected chi connectivity index (χ2v) is 3.38. The molecule has 0 saturated carbocycles. The van der Waals surface area contributed by atoms with E-state index in [1.54, 1.807) is 0 Å². The molecule has 0 unspecified atom stereocenters. The smallest absolute Gasteiger partial charge is 0.311 e. The fourth-order valence-electron chi connectivity index (χ4n) is 1.37. The number of carboxylic acid groups (broad SMARTS) is 1. The lowest BCUT2D eigenvalue weighted by molar-refractivity contribution is -0.136. The first-order chi connectivity index (χ1) is 8.60. The van der Waals surface area contributed by atoms with Crippen LogP contribution in [-0.4, -0.2) is 38.4 Å². The zero-order valence-electron chi connectivity index (χ0n) is 9.37. The molecule has 0 fully saturated rings. The van der Waals surface area contributed by atoms with E-state index in [1.165, 1.54) is 25.3 Å². The Bertz CT molecular complexity index is 584. The summed E-state index contributed by atoms with van der Waals surface area (Å²) in [4.78, 5) is 11.5. The first kappa shape index (κ1) is 12.0. The molecule has 1 N–H and O–H groups in total. The Morgan fingerprint density at radius 3 is 3.00 bits per heavy atom. The average molecular weight is 252 g/mol. The molecule has 1 aromatic heterocycles. The number of hydrogen-bond donors (Lipinski definition) is 1. The maximum absolute atomic E-state index is 13.1. The van der Waals surface area contributed by atoms with Crippen molar-refractivity contribution in [3.63, 3.8) is 0 Å². The van der Waals surface area contributed by atoms with Crippen molar-refractivity contribution in [1.29, 1.82) is 0 Å². The summed E-state index contributed by atoms with van der Waals surface area (Å²) in [5.41, 5.74) is 0.252. The van der Waals surface area contributed by atoms with Crippen molar-refractivity contribution in [1.82, 2.24) is 20.2 Å². The number of carbonyl (C=O) groups is 1. The standard InChI is InChI=1S/C10H9FN4O3/c1-18-8-3-2-6(11)4-7(8)15-13-9(12-14-15)5-10(16)17/h2-4H,5H2,1H3,(H,16,17). The molecule has 0 atom stereocenters. The molecule has 18 heavy (non-hydrogen) atoms. The molecule has 8 heteroatoms. The number of benzene rings is 1. The van der Waals surface area contributed by atoms with Crippen molar-refractivity contribution in [2.24, 2.45) is 0 Å². The summed E-state index contributed by atoms with van der Waals surface area (Å²) in [5, 5.41) is 19.6. The highest BCUT2D eigenvalue weighted by molar-refractivity contribution is 5.68. The molecule has 0 radical (unpaired) electrons.